The number of likely N-dealkylation sites (tertiary alicyclic amines) is 1. The molecule has 36 heavy (non-hydrogen) atoms. The lowest BCUT2D eigenvalue weighted by Crippen LogP contribution is -2.48. The van der Waals surface area contributed by atoms with E-state index in [1.165, 1.54) is 5.56 Å². The molecule has 2 aliphatic heterocycles. The minimum Gasteiger partial charge on any atom is -0.475 e. The Hall–Kier alpha value is -2.60. The lowest BCUT2D eigenvalue weighted by atomic mass is 9.87. The maximum absolute atomic E-state index is 13.7. The monoisotopic (exact) mass is 528 g/mol. The van der Waals surface area contributed by atoms with E-state index in [0.29, 0.717) is 31.3 Å². The van der Waals surface area contributed by atoms with Crippen LogP contribution in [0.1, 0.15) is 56.7 Å². The molecule has 12 heteroatoms. The topological polar surface area (TPSA) is 95.7 Å². The maximum atomic E-state index is 13.7. The van der Waals surface area contributed by atoms with E-state index in [2.05, 4.69) is 30.0 Å². The number of carboxylic acid groups (broad SMARTS) is 1. The molecule has 0 radical (unpaired) electrons. The lowest BCUT2D eigenvalue weighted by molar-refractivity contribution is -0.192. The quantitative estimate of drug-likeness (QED) is 0.627. The molecule has 3 heterocycles. The van der Waals surface area contributed by atoms with E-state index in [0.717, 1.165) is 43.7 Å². The number of anilines is 1. The molecule has 1 aromatic carbocycles. The molecular weight excluding hydrogens is 497 g/mol. The van der Waals surface area contributed by atoms with Crippen LogP contribution in [0.5, 0.6) is 0 Å². The van der Waals surface area contributed by atoms with Gasteiger partial charge in [0.2, 0.25) is 10.0 Å². The largest absolute Gasteiger partial charge is 0.490 e. The lowest BCUT2D eigenvalue weighted by Gasteiger charge is -2.39. The zero-order valence-corrected chi connectivity index (χ0v) is 21.1. The second kappa shape index (κ2) is 9.70. The molecule has 1 saturated carbocycles. The number of rotatable bonds is 5. The second-order valence-corrected chi connectivity index (χ2v) is 12.2. The van der Waals surface area contributed by atoms with Gasteiger partial charge in [-0.05, 0) is 57.1 Å². The van der Waals surface area contributed by atoms with Crippen molar-refractivity contribution in [3.63, 3.8) is 0 Å². The van der Waals surface area contributed by atoms with Crippen molar-refractivity contribution < 1.29 is 31.5 Å². The van der Waals surface area contributed by atoms with Crippen molar-refractivity contribution in [2.75, 3.05) is 23.9 Å². The van der Waals surface area contributed by atoms with Gasteiger partial charge in [-0.25, -0.2) is 13.2 Å². The number of nitrogens with zero attached hydrogens (tertiary/aromatic N) is 4. The van der Waals surface area contributed by atoms with E-state index in [9.17, 15) is 21.6 Å². The van der Waals surface area contributed by atoms with Gasteiger partial charge in [-0.2, -0.15) is 18.3 Å². The number of sulfonamides is 1. The highest BCUT2D eigenvalue weighted by atomic mass is 32.2. The Labute approximate surface area is 208 Å². The first kappa shape index (κ1) is 26.5. The van der Waals surface area contributed by atoms with Gasteiger partial charge in [-0.15, -0.1) is 0 Å². The normalized spacial score (nSPS) is 20.8. The highest BCUT2D eigenvalue weighted by molar-refractivity contribution is 7.94. The average Bonchev–Trinajstić information content (AvgIpc) is 3.48. The smallest absolute Gasteiger partial charge is 0.475 e. The second-order valence-electron chi connectivity index (χ2n) is 9.99. The van der Waals surface area contributed by atoms with Gasteiger partial charge in [0.25, 0.3) is 0 Å². The summed E-state index contributed by atoms with van der Waals surface area (Å²) >= 11 is 0. The summed E-state index contributed by atoms with van der Waals surface area (Å²) in [6.45, 7) is 7.30. The number of para-hydroxylation sites is 1. The summed E-state index contributed by atoms with van der Waals surface area (Å²) in [7, 11) is -3.38. The van der Waals surface area contributed by atoms with Crippen LogP contribution < -0.4 is 4.31 Å². The van der Waals surface area contributed by atoms with Gasteiger partial charge in [-0.1, -0.05) is 18.2 Å². The summed E-state index contributed by atoms with van der Waals surface area (Å²) in [4.78, 5) is 11.3. The number of alkyl halides is 3. The number of hydrogen-bond acceptors (Lipinski definition) is 5. The van der Waals surface area contributed by atoms with Gasteiger partial charge < -0.3 is 5.11 Å². The van der Waals surface area contributed by atoms with E-state index in [1.807, 2.05) is 35.1 Å². The van der Waals surface area contributed by atoms with Crippen LogP contribution in [0, 0.1) is 5.92 Å². The first-order valence-corrected chi connectivity index (χ1v) is 13.5. The molecule has 2 fully saturated rings. The first-order chi connectivity index (χ1) is 16.8. The molecular formula is C24H31F3N4O4S. The number of carboxylic acids is 1. The first-order valence-electron chi connectivity index (χ1n) is 12.0. The zero-order chi connectivity index (χ0) is 26.3. The summed E-state index contributed by atoms with van der Waals surface area (Å²) < 4.78 is 62.2. The fourth-order valence-corrected chi connectivity index (χ4v) is 7.28. The molecule has 2 aromatic rings. The minimum atomic E-state index is -5.08. The summed E-state index contributed by atoms with van der Waals surface area (Å²) in [6, 6.07) is 8.35. The number of benzene rings is 1. The maximum Gasteiger partial charge on any atom is 0.490 e. The third-order valence-corrected chi connectivity index (χ3v) is 9.61. The summed E-state index contributed by atoms with van der Waals surface area (Å²) in [6.07, 6.45) is 2.58. The number of piperidine rings is 1. The number of carbonyl (C=O) groups is 1. The highest BCUT2D eigenvalue weighted by Gasteiger charge is 2.57. The number of halogens is 3. The van der Waals surface area contributed by atoms with Crippen LogP contribution in [0.2, 0.25) is 0 Å². The third kappa shape index (κ3) is 5.10. The molecule has 198 valence electrons. The van der Waals surface area contributed by atoms with E-state index in [1.54, 1.807) is 4.31 Å². The van der Waals surface area contributed by atoms with Gasteiger partial charge in [0.15, 0.2) is 0 Å². The molecule has 3 aliphatic rings. The molecule has 1 N–H and O–H groups in total. The van der Waals surface area contributed by atoms with Gasteiger partial charge in [0.05, 0.1) is 11.9 Å². The van der Waals surface area contributed by atoms with Crippen molar-refractivity contribution in [3.05, 3.63) is 47.8 Å². The SMILES string of the molecule is CC(C)n1cc(CN2CCC3(CC2)c2ccccc2N(CC2CC2)S3(=O)=O)cn1.O=C(O)C(F)(F)F. The van der Waals surface area contributed by atoms with Gasteiger partial charge >= 0.3 is 12.1 Å². The van der Waals surface area contributed by atoms with E-state index >= 15 is 0 Å². The van der Waals surface area contributed by atoms with Gasteiger partial charge in [-0.3, -0.25) is 13.9 Å². The Morgan fingerprint density at radius 1 is 1.19 bits per heavy atom. The Bertz CT molecular complexity index is 1200. The van der Waals surface area contributed by atoms with Crippen molar-refractivity contribution in [1.82, 2.24) is 14.7 Å². The van der Waals surface area contributed by atoms with Crippen LogP contribution in [0.3, 0.4) is 0 Å². The number of fused-ring (bicyclic) bond motifs is 2. The zero-order valence-electron chi connectivity index (χ0n) is 20.3. The number of aromatic nitrogens is 2. The van der Waals surface area contributed by atoms with Crippen molar-refractivity contribution in [3.8, 4) is 0 Å². The molecule has 5 rings (SSSR count). The van der Waals surface area contributed by atoms with Crippen molar-refractivity contribution in [1.29, 1.82) is 0 Å². The Morgan fingerprint density at radius 2 is 1.81 bits per heavy atom. The fraction of sp³-hybridized carbons (Fsp3) is 0.583. The molecule has 0 amide bonds. The van der Waals surface area contributed by atoms with Gasteiger partial charge in [0, 0.05) is 44.0 Å². The standard InChI is InChI=1S/C22H30N4O2S.C2HF3O2/c1-17(2)25-15-19(13-23-25)14-24-11-9-22(10-12-24)20-5-3-4-6-21(20)26(29(22,27)28)16-18-7-8-18;3-2(4,5)1(6)7/h3-6,13,15,17-18H,7-12,14,16H2,1-2H3;(H,6,7). The molecule has 8 nitrogen and oxygen atoms in total. The van der Waals surface area contributed by atoms with E-state index < -0.39 is 26.9 Å². The average molecular weight is 529 g/mol. The van der Waals surface area contributed by atoms with Crippen molar-refractivity contribution >= 4 is 21.7 Å². The summed E-state index contributed by atoms with van der Waals surface area (Å²) in [5, 5.41) is 11.6. The van der Waals surface area contributed by atoms with Crippen molar-refractivity contribution in [2.45, 2.75) is 63.0 Å². The molecule has 0 unspecified atom stereocenters. The predicted octanol–water partition coefficient (Wildman–Crippen LogP) is 4.15. The van der Waals surface area contributed by atoms with E-state index in [-0.39, 0.29) is 0 Å². The van der Waals surface area contributed by atoms with Crippen LogP contribution in [0.15, 0.2) is 36.7 Å². The number of aliphatic carboxylic acids is 1. The van der Waals surface area contributed by atoms with Crippen LogP contribution in [-0.4, -0.2) is 60.0 Å². The molecule has 0 atom stereocenters. The summed E-state index contributed by atoms with van der Waals surface area (Å²) in [5.41, 5.74) is 3.14. The third-order valence-electron chi connectivity index (χ3n) is 7.06. The van der Waals surface area contributed by atoms with Gasteiger partial charge in [0.1, 0.15) is 4.75 Å². The van der Waals surface area contributed by atoms with Crippen LogP contribution in [0.4, 0.5) is 18.9 Å². The molecule has 0 bridgehead atoms. The van der Waals surface area contributed by atoms with Crippen LogP contribution in [0.25, 0.3) is 0 Å². The number of hydrogen-bond donors (Lipinski definition) is 1. The molecule has 1 aromatic heterocycles. The predicted molar refractivity (Wildman–Crippen MR) is 128 cm³/mol. The molecule has 1 aliphatic carbocycles. The Kier molecular flexibility index (Phi) is 7.13. The molecule has 1 spiro atoms. The Balaban J connectivity index is 0.000000384. The fourth-order valence-electron chi connectivity index (χ4n) is 4.89. The van der Waals surface area contributed by atoms with Crippen LogP contribution in [-0.2, 0) is 26.1 Å². The Morgan fingerprint density at radius 3 is 2.33 bits per heavy atom. The van der Waals surface area contributed by atoms with Crippen LogP contribution >= 0.6 is 0 Å². The highest BCUT2D eigenvalue weighted by Crippen LogP contribution is 2.53. The minimum absolute atomic E-state index is 0.353. The van der Waals surface area contributed by atoms with E-state index in [4.69, 9.17) is 9.90 Å². The summed E-state index contributed by atoms with van der Waals surface area (Å²) in [5.74, 6) is -2.22. The molecule has 1 saturated heterocycles. The van der Waals surface area contributed by atoms with Crippen molar-refractivity contribution in [2.24, 2.45) is 5.92 Å².